The Morgan fingerprint density at radius 2 is 1.82 bits per heavy atom. The Morgan fingerprint density at radius 1 is 1.04 bits per heavy atom. The predicted molar refractivity (Wildman–Crippen MR) is 112 cm³/mol. The van der Waals surface area contributed by atoms with E-state index >= 15 is 0 Å². The topological polar surface area (TPSA) is 53.5 Å². The average Bonchev–Trinajstić information content (AvgIpc) is 2.70. The molecule has 0 bridgehead atoms. The van der Waals surface area contributed by atoms with Crippen LogP contribution in [0.1, 0.15) is 11.1 Å². The Labute approximate surface area is 170 Å². The van der Waals surface area contributed by atoms with E-state index in [0.717, 1.165) is 5.56 Å². The van der Waals surface area contributed by atoms with Crippen LogP contribution < -0.4 is 9.21 Å². The number of anilines is 2. The average molecular weight is 414 g/mol. The zero-order valence-corrected chi connectivity index (χ0v) is 17.0. The molecule has 0 fully saturated rings. The van der Waals surface area contributed by atoms with Gasteiger partial charge in [0.25, 0.3) is 10.0 Å². The Hall–Kier alpha value is -2.57. The van der Waals surface area contributed by atoms with Crippen LogP contribution in [-0.2, 0) is 16.6 Å². The minimum atomic E-state index is -3.72. The zero-order chi connectivity index (χ0) is 19.7. The largest absolute Gasteiger partial charge is 0.349 e. The Balaban J connectivity index is 1.69. The van der Waals surface area contributed by atoms with E-state index in [1.165, 1.54) is 15.9 Å². The van der Waals surface area contributed by atoms with E-state index < -0.39 is 10.0 Å². The summed E-state index contributed by atoms with van der Waals surface area (Å²) in [4.78, 5) is 6.78. The molecule has 4 rings (SSSR count). The highest BCUT2D eigenvalue weighted by atomic mass is 35.5. The smallest absolute Gasteiger partial charge is 0.264 e. The van der Waals surface area contributed by atoms with Crippen LogP contribution in [0.4, 0.5) is 11.5 Å². The number of aromatic nitrogens is 1. The highest BCUT2D eigenvalue weighted by Gasteiger charge is 2.32. The molecule has 3 aromatic rings. The maximum atomic E-state index is 13.2. The standard InChI is InChI=1S/C21H20ClN3O2S/c1-16-7-9-17(10-8-16)15-24-12-13-25(20-6-3-11-23-21(20)24)28(26,27)19-5-2-4-18(22)14-19/h2-11,14H,12-13,15H2,1H3. The molecular weight excluding hydrogens is 394 g/mol. The van der Waals surface area contributed by atoms with Gasteiger partial charge in [0.05, 0.1) is 17.1 Å². The molecule has 0 amide bonds. The number of halogens is 1. The number of sulfonamides is 1. The Bertz CT molecular complexity index is 1100. The van der Waals surface area contributed by atoms with Crippen LogP contribution in [0.3, 0.4) is 0 Å². The lowest BCUT2D eigenvalue weighted by molar-refractivity contribution is 0.587. The number of rotatable bonds is 4. The third kappa shape index (κ3) is 3.57. The molecule has 0 N–H and O–H groups in total. The number of fused-ring (bicyclic) bond motifs is 1. The molecule has 144 valence electrons. The molecule has 1 aromatic heterocycles. The fourth-order valence-corrected chi connectivity index (χ4v) is 5.10. The molecule has 0 spiro atoms. The summed E-state index contributed by atoms with van der Waals surface area (Å²) in [6, 6.07) is 18.2. The summed E-state index contributed by atoms with van der Waals surface area (Å²) < 4.78 is 27.9. The molecule has 0 saturated heterocycles. The van der Waals surface area contributed by atoms with Crippen molar-refractivity contribution < 1.29 is 8.42 Å². The molecule has 5 nitrogen and oxygen atoms in total. The quantitative estimate of drug-likeness (QED) is 0.641. The Kier molecular flexibility index (Phi) is 5.00. The van der Waals surface area contributed by atoms with Gasteiger partial charge in [-0.3, -0.25) is 4.31 Å². The minimum Gasteiger partial charge on any atom is -0.349 e. The first-order valence-electron chi connectivity index (χ1n) is 8.99. The summed E-state index contributed by atoms with van der Waals surface area (Å²) in [5.74, 6) is 0.667. The van der Waals surface area contributed by atoms with Crippen LogP contribution in [0, 0.1) is 6.92 Å². The molecule has 0 radical (unpaired) electrons. The van der Waals surface area contributed by atoms with Crippen molar-refractivity contribution in [2.75, 3.05) is 22.3 Å². The highest BCUT2D eigenvalue weighted by molar-refractivity contribution is 7.92. The first-order valence-corrected chi connectivity index (χ1v) is 10.8. The van der Waals surface area contributed by atoms with E-state index in [9.17, 15) is 8.42 Å². The molecule has 7 heteroatoms. The number of hydrogen-bond acceptors (Lipinski definition) is 4. The maximum Gasteiger partial charge on any atom is 0.264 e. The lowest BCUT2D eigenvalue weighted by atomic mass is 10.1. The number of nitrogens with zero attached hydrogens (tertiary/aromatic N) is 3. The third-order valence-corrected chi connectivity index (χ3v) is 6.83. The number of pyridine rings is 1. The summed E-state index contributed by atoms with van der Waals surface area (Å²) in [6.45, 7) is 3.63. The van der Waals surface area contributed by atoms with Crippen molar-refractivity contribution in [2.45, 2.75) is 18.4 Å². The highest BCUT2D eigenvalue weighted by Crippen LogP contribution is 2.35. The van der Waals surface area contributed by atoms with E-state index in [2.05, 4.69) is 41.1 Å². The van der Waals surface area contributed by atoms with Crippen molar-refractivity contribution in [3.63, 3.8) is 0 Å². The molecule has 0 aliphatic carbocycles. The van der Waals surface area contributed by atoms with Gasteiger partial charge >= 0.3 is 0 Å². The summed E-state index contributed by atoms with van der Waals surface area (Å²) in [7, 11) is -3.72. The third-order valence-electron chi connectivity index (χ3n) is 4.79. The van der Waals surface area contributed by atoms with Crippen molar-refractivity contribution in [1.82, 2.24) is 4.98 Å². The number of aryl methyl sites for hydroxylation is 1. The van der Waals surface area contributed by atoms with Crippen molar-refractivity contribution in [1.29, 1.82) is 0 Å². The summed E-state index contributed by atoms with van der Waals surface area (Å²) >= 11 is 6.01. The van der Waals surface area contributed by atoms with Gasteiger partial charge in [0.2, 0.25) is 0 Å². The SMILES string of the molecule is Cc1ccc(CN2CCN(S(=O)(=O)c3cccc(Cl)c3)c3cccnc32)cc1. The molecule has 28 heavy (non-hydrogen) atoms. The number of benzene rings is 2. The van der Waals surface area contributed by atoms with Crippen molar-refractivity contribution in [3.05, 3.63) is 83.0 Å². The first kappa shape index (κ1) is 18.8. The van der Waals surface area contributed by atoms with E-state index in [4.69, 9.17) is 11.6 Å². The lowest BCUT2D eigenvalue weighted by Crippen LogP contribution is -2.44. The predicted octanol–water partition coefficient (Wildman–Crippen LogP) is 4.26. The lowest BCUT2D eigenvalue weighted by Gasteiger charge is -2.37. The molecule has 1 aliphatic rings. The molecule has 2 aromatic carbocycles. The zero-order valence-electron chi connectivity index (χ0n) is 15.4. The van der Waals surface area contributed by atoms with E-state index in [0.29, 0.717) is 36.2 Å². The van der Waals surface area contributed by atoms with Gasteiger partial charge in [-0.1, -0.05) is 47.5 Å². The summed E-state index contributed by atoms with van der Waals surface area (Å²) in [5, 5.41) is 0.394. The summed E-state index contributed by atoms with van der Waals surface area (Å²) in [6.07, 6.45) is 1.69. The monoisotopic (exact) mass is 413 g/mol. The van der Waals surface area contributed by atoms with Crippen molar-refractivity contribution in [3.8, 4) is 0 Å². The van der Waals surface area contributed by atoms with Crippen LogP contribution in [0.25, 0.3) is 0 Å². The van der Waals surface area contributed by atoms with Gasteiger partial charge in [-0.2, -0.15) is 0 Å². The summed E-state index contributed by atoms with van der Waals surface area (Å²) in [5.41, 5.74) is 2.95. The van der Waals surface area contributed by atoms with Crippen LogP contribution >= 0.6 is 11.6 Å². The normalized spacial score (nSPS) is 14.1. The maximum absolute atomic E-state index is 13.2. The van der Waals surface area contributed by atoms with Gasteiger partial charge in [0.1, 0.15) is 0 Å². The molecule has 0 saturated carbocycles. The molecular formula is C21H20ClN3O2S. The second-order valence-electron chi connectivity index (χ2n) is 6.79. The van der Waals surface area contributed by atoms with Gasteiger partial charge in [-0.15, -0.1) is 0 Å². The molecule has 1 aliphatic heterocycles. The van der Waals surface area contributed by atoms with Gasteiger partial charge in [0, 0.05) is 24.3 Å². The van der Waals surface area contributed by atoms with Gasteiger partial charge in [0.15, 0.2) is 5.82 Å². The number of hydrogen-bond donors (Lipinski definition) is 0. The van der Waals surface area contributed by atoms with Crippen molar-refractivity contribution in [2.24, 2.45) is 0 Å². The first-order chi connectivity index (χ1) is 13.4. The van der Waals surface area contributed by atoms with Crippen LogP contribution in [-0.4, -0.2) is 26.5 Å². The van der Waals surface area contributed by atoms with Gasteiger partial charge < -0.3 is 4.90 Å². The second kappa shape index (κ2) is 7.45. The van der Waals surface area contributed by atoms with E-state index in [1.54, 1.807) is 36.5 Å². The Morgan fingerprint density at radius 3 is 2.57 bits per heavy atom. The fourth-order valence-electron chi connectivity index (χ4n) is 3.34. The van der Waals surface area contributed by atoms with Gasteiger partial charge in [-0.25, -0.2) is 13.4 Å². The molecule has 0 unspecified atom stereocenters. The van der Waals surface area contributed by atoms with Crippen LogP contribution in [0.5, 0.6) is 0 Å². The molecule has 0 atom stereocenters. The van der Waals surface area contributed by atoms with E-state index in [-0.39, 0.29) is 4.90 Å². The fraction of sp³-hybridized carbons (Fsp3) is 0.190. The second-order valence-corrected chi connectivity index (χ2v) is 9.09. The van der Waals surface area contributed by atoms with Crippen LogP contribution in [0.15, 0.2) is 71.8 Å². The van der Waals surface area contributed by atoms with Gasteiger partial charge in [-0.05, 0) is 42.8 Å². The molecule has 2 heterocycles. The van der Waals surface area contributed by atoms with Crippen molar-refractivity contribution >= 4 is 33.1 Å². The van der Waals surface area contributed by atoms with Crippen LogP contribution in [0.2, 0.25) is 5.02 Å². The van der Waals surface area contributed by atoms with E-state index in [1.807, 2.05) is 0 Å². The minimum absolute atomic E-state index is 0.182.